The van der Waals surface area contributed by atoms with Gasteiger partial charge in [-0.25, -0.2) is 8.78 Å². The molecular weight excluding hydrogens is 376 g/mol. The van der Waals surface area contributed by atoms with Crippen LogP contribution in [0.25, 0.3) is 0 Å². The predicted octanol–water partition coefficient (Wildman–Crippen LogP) is 3.11. The molecule has 27 heavy (non-hydrogen) atoms. The van der Waals surface area contributed by atoms with E-state index < -0.39 is 11.6 Å². The van der Waals surface area contributed by atoms with Crippen molar-refractivity contribution in [2.45, 2.75) is 18.9 Å². The molecule has 0 spiro atoms. The van der Waals surface area contributed by atoms with Crippen LogP contribution in [0.3, 0.4) is 0 Å². The van der Waals surface area contributed by atoms with Crippen LogP contribution in [0.4, 0.5) is 8.78 Å². The third kappa shape index (κ3) is 5.61. The minimum atomic E-state index is -0.741. The molecule has 0 bridgehead atoms. The fourth-order valence-corrected chi connectivity index (χ4v) is 3.02. The van der Waals surface area contributed by atoms with Crippen molar-refractivity contribution in [2.24, 2.45) is 0 Å². The van der Waals surface area contributed by atoms with E-state index in [1.54, 1.807) is 12.4 Å². The Hall–Kier alpha value is -2.25. The van der Waals surface area contributed by atoms with E-state index in [1.807, 2.05) is 17.0 Å². The maximum atomic E-state index is 13.5. The SMILES string of the molecule is Cl.O=C(CCCOc1ccc(F)cc1F)N1CCNCC1c1cccnc1. The van der Waals surface area contributed by atoms with E-state index in [0.717, 1.165) is 24.2 Å². The zero-order chi connectivity index (χ0) is 18.4. The number of nitrogens with zero attached hydrogens (tertiary/aromatic N) is 2. The highest BCUT2D eigenvalue weighted by Crippen LogP contribution is 2.23. The lowest BCUT2D eigenvalue weighted by Crippen LogP contribution is -2.48. The van der Waals surface area contributed by atoms with Crippen molar-refractivity contribution in [1.29, 1.82) is 0 Å². The van der Waals surface area contributed by atoms with Crippen molar-refractivity contribution >= 4 is 18.3 Å². The summed E-state index contributed by atoms with van der Waals surface area (Å²) >= 11 is 0. The number of benzene rings is 1. The highest BCUT2D eigenvalue weighted by molar-refractivity contribution is 5.85. The summed E-state index contributed by atoms with van der Waals surface area (Å²) in [5, 5.41) is 3.30. The van der Waals surface area contributed by atoms with Gasteiger partial charge in [0.1, 0.15) is 5.82 Å². The van der Waals surface area contributed by atoms with Crippen molar-refractivity contribution in [1.82, 2.24) is 15.2 Å². The Bertz CT molecular complexity index is 749. The van der Waals surface area contributed by atoms with Crippen molar-refractivity contribution in [3.8, 4) is 5.75 Å². The molecule has 1 atom stereocenters. The van der Waals surface area contributed by atoms with Gasteiger partial charge in [0.05, 0.1) is 12.6 Å². The number of amides is 1. The third-order valence-electron chi connectivity index (χ3n) is 4.32. The predicted molar refractivity (Wildman–Crippen MR) is 99.9 cm³/mol. The summed E-state index contributed by atoms with van der Waals surface area (Å²) in [5.74, 6) is -1.36. The first-order chi connectivity index (χ1) is 12.6. The lowest BCUT2D eigenvalue weighted by molar-refractivity contribution is -0.134. The highest BCUT2D eigenvalue weighted by Gasteiger charge is 2.27. The van der Waals surface area contributed by atoms with E-state index in [0.29, 0.717) is 25.9 Å². The van der Waals surface area contributed by atoms with Gasteiger partial charge >= 0.3 is 0 Å². The number of halogens is 3. The van der Waals surface area contributed by atoms with Crippen molar-refractivity contribution in [3.63, 3.8) is 0 Å². The van der Waals surface area contributed by atoms with Gasteiger partial charge in [-0.1, -0.05) is 6.07 Å². The number of ether oxygens (including phenoxy) is 1. The molecule has 0 aliphatic carbocycles. The zero-order valence-electron chi connectivity index (χ0n) is 14.7. The van der Waals surface area contributed by atoms with Gasteiger partial charge in [-0.3, -0.25) is 9.78 Å². The average molecular weight is 398 g/mol. The molecule has 1 aromatic heterocycles. The largest absolute Gasteiger partial charge is 0.491 e. The second-order valence-corrected chi connectivity index (χ2v) is 6.12. The monoisotopic (exact) mass is 397 g/mol. The Morgan fingerprint density at radius 1 is 1.33 bits per heavy atom. The number of aromatic nitrogens is 1. The molecule has 146 valence electrons. The normalized spacial score (nSPS) is 16.5. The number of hydrogen-bond acceptors (Lipinski definition) is 4. The zero-order valence-corrected chi connectivity index (χ0v) is 15.6. The van der Waals surface area contributed by atoms with Gasteiger partial charge in [0.2, 0.25) is 5.91 Å². The molecule has 0 radical (unpaired) electrons. The number of carbonyl (C=O) groups is 1. The van der Waals surface area contributed by atoms with Gasteiger partial charge in [0, 0.05) is 44.5 Å². The van der Waals surface area contributed by atoms with Gasteiger partial charge in [-0.15, -0.1) is 12.4 Å². The van der Waals surface area contributed by atoms with Gasteiger partial charge in [-0.05, 0) is 30.2 Å². The standard InChI is InChI=1S/C19H21F2N3O2.ClH/c20-15-5-6-18(16(21)11-15)26-10-2-4-19(25)24-9-8-23-13-17(24)14-3-1-7-22-12-14;/h1,3,5-7,11-12,17,23H,2,4,8-10,13H2;1H. The summed E-state index contributed by atoms with van der Waals surface area (Å²) in [7, 11) is 0. The lowest BCUT2D eigenvalue weighted by Gasteiger charge is -2.36. The molecule has 1 saturated heterocycles. The van der Waals surface area contributed by atoms with E-state index in [4.69, 9.17) is 4.74 Å². The summed E-state index contributed by atoms with van der Waals surface area (Å²) in [6.07, 6.45) is 4.25. The van der Waals surface area contributed by atoms with Gasteiger partial charge in [0.25, 0.3) is 0 Å². The molecule has 2 heterocycles. The van der Waals surface area contributed by atoms with Gasteiger partial charge in [0.15, 0.2) is 11.6 Å². The number of carbonyl (C=O) groups excluding carboxylic acids is 1. The van der Waals surface area contributed by atoms with Gasteiger partial charge < -0.3 is 15.0 Å². The summed E-state index contributed by atoms with van der Waals surface area (Å²) in [4.78, 5) is 18.6. The van der Waals surface area contributed by atoms with Gasteiger partial charge in [-0.2, -0.15) is 0 Å². The summed E-state index contributed by atoms with van der Waals surface area (Å²) in [5.41, 5.74) is 0.998. The molecule has 1 unspecified atom stereocenters. The maximum absolute atomic E-state index is 13.5. The smallest absolute Gasteiger partial charge is 0.223 e. The van der Waals surface area contributed by atoms with E-state index in [-0.39, 0.29) is 36.7 Å². The molecule has 1 aliphatic heterocycles. The van der Waals surface area contributed by atoms with E-state index in [1.165, 1.54) is 6.07 Å². The van der Waals surface area contributed by atoms with Crippen LogP contribution in [0.1, 0.15) is 24.4 Å². The van der Waals surface area contributed by atoms with Crippen molar-refractivity contribution < 1.29 is 18.3 Å². The van der Waals surface area contributed by atoms with E-state index in [9.17, 15) is 13.6 Å². The topological polar surface area (TPSA) is 54.5 Å². The van der Waals surface area contributed by atoms with Crippen molar-refractivity contribution in [2.75, 3.05) is 26.2 Å². The second-order valence-electron chi connectivity index (χ2n) is 6.12. The van der Waals surface area contributed by atoms with Crippen molar-refractivity contribution in [3.05, 3.63) is 59.9 Å². The van der Waals surface area contributed by atoms with Crippen LogP contribution in [0.5, 0.6) is 5.75 Å². The Labute approximate surface area is 163 Å². The molecule has 1 fully saturated rings. The quantitative estimate of drug-likeness (QED) is 0.761. The summed E-state index contributed by atoms with van der Waals surface area (Å²) < 4.78 is 31.7. The van der Waals surface area contributed by atoms with Crippen LogP contribution in [0.2, 0.25) is 0 Å². The first-order valence-electron chi connectivity index (χ1n) is 8.63. The van der Waals surface area contributed by atoms with Crippen LogP contribution in [-0.4, -0.2) is 42.0 Å². The number of piperazine rings is 1. The molecule has 1 aromatic carbocycles. The molecule has 8 heteroatoms. The van der Waals surface area contributed by atoms with Crippen LogP contribution < -0.4 is 10.1 Å². The lowest BCUT2D eigenvalue weighted by atomic mass is 10.0. The molecule has 1 N–H and O–H groups in total. The van der Waals surface area contributed by atoms with Crippen LogP contribution in [0.15, 0.2) is 42.7 Å². The number of pyridine rings is 1. The third-order valence-corrected chi connectivity index (χ3v) is 4.32. The Kier molecular flexibility index (Phi) is 7.94. The molecule has 2 aromatic rings. The molecule has 1 aliphatic rings. The molecule has 3 rings (SSSR count). The van der Waals surface area contributed by atoms with E-state index >= 15 is 0 Å². The minimum Gasteiger partial charge on any atom is -0.491 e. The van der Waals surface area contributed by atoms with E-state index in [2.05, 4.69) is 10.3 Å². The molecule has 5 nitrogen and oxygen atoms in total. The van der Waals surface area contributed by atoms with Crippen LogP contribution in [0, 0.1) is 11.6 Å². The fourth-order valence-electron chi connectivity index (χ4n) is 3.02. The average Bonchev–Trinajstić information content (AvgIpc) is 2.67. The van der Waals surface area contributed by atoms with Crippen LogP contribution in [-0.2, 0) is 4.79 Å². The fraction of sp³-hybridized carbons (Fsp3) is 0.368. The maximum Gasteiger partial charge on any atom is 0.223 e. The first kappa shape index (κ1) is 21.1. The Balaban J connectivity index is 0.00000261. The summed E-state index contributed by atoms with van der Waals surface area (Å²) in [6, 6.07) is 6.95. The molecule has 0 saturated carbocycles. The minimum absolute atomic E-state index is 0. The first-order valence-corrected chi connectivity index (χ1v) is 8.63. The molecular formula is C19H22ClF2N3O2. The Morgan fingerprint density at radius 2 is 2.19 bits per heavy atom. The second kappa shape index (κ2) is 10.2. The number of hydrogen-bond donors (Lipinski definition) is 1. The number of nitrogens with one attached hydrogen (secondary N) is 1. The summed E-state index contributed by atoms with van der Waals surface area (Å²) in [6.45, 7) is 2.26. The number of rotatable bonds is 6. The highest BCUT2D eigenvalue weighted by atomic mass is 35.5. The Morgan fingerprint density at radius 3 is 2.93 bits per heavy atom. The van der Waals surface area contributed by atoms with Crippen LogP contribution >= 0.6 is 12.4 Å². The molecule has 1 amide bonds.